The maximum absolute atomic E-state index is 14.8. The molecule has 1 fully saturated rings. The number of hydrogen-bond acceptors (Lipinski definition) is 5. The van der Waals surface area contributed by atoms with Crippen LogP contribution in [0.25, 0.3) is 10.9 Å². The van der Waals surface area contributed by atoms with E-state index in [2.05, 4.69) is 15.6 Å². The van der Waals surface area contributed by atoms with Crippen LogP contribution in [0.3, 0.4) is 0 Å². The molecule has 31 heavy (non-hydrogen) atoms. The second kappa shape index (κ2) is 7.88. The van der Waals surface area contributed by atoms with Gasteiger partial charge in [0.2, 0.25) is 0 Å². The molecule has 3 aromatic rings. The predicted octanol–water partition coefficient (Wildman–Crippen LogP) is 4.05. The number of urea groups is 1. The van der Waals surface area contributed by atoms with E-state index in [4.69, 9.17) is 22.1 Å². The van der Waals surface area contributed by atoms with Crippen molar-refractivity contribution in [3.05, 3.63) is 52.7 Å². The summed E-state index contributed by atoms with van der Waals surface area (Å²) >= 11 is 5.97. The van der Waals surface area contributed by atoms with E-state index in [-0.39, 0.29) is 33.9 Å². The summed E-state index contributed by atoms with van der Waals surface area (Å²) in [7, 11) is 0. The predicted molar refractivity (Wildman–Crippen MR) is 109 cm³/mol. The molecular weight excluding hydrogens is 434 g/mol. The number of ether oxygens (including phenoxy) is 1. The number of pyridine rings is 1. The summed E-state index contributed by atoms with van der Waals surface area (Å²) in [6.45, 7) is 0. The Balaban J connectivity index is 1.70. The normalized spacial score (nSPS) is 13.1. The van der Waals surface area contributed by atoms with E-state index in [9.17, 15) is 23.5 Å². The number of anilines is 1. The van der Waals surface area contributed by atoms with Gasteiger partial charge in [-0.25, -0.2) is 13.6 Å². The lowest BCUT2D eigenvalue weighted by molar-refractivity contribution is 0.0998. The van der Waals surface area contributed by atoms with E-state index in [1.807, 2.05) is 0 Å². The third-order valence-corrected chi connectivity index (χ3v) is 4.94. The maximum atomic E-state index is 14.8. The summed E-state index contributed by atoms with van der Waals surface area (Å²) in [6, 6.07) is 3.93. The van der Waals surface area contributed by atoms with Crippen LogP contribution in [-0.4, -0.2) is 28.1 Å². The van der Waals surface area contributed by atoms with Crippen LogP contribution >= 0.6 is 11.6 Å². The molecule has 1 saturated carbocycles. The van der Waals surface area contributed by atoms with E-state index in [1.165, 1.54) is 24.4 Å². The molecule has 2 aromatic carbocycles. The molecule has 1 aliphatic rings. The summed E-state index contributed by atoms with van der Waals surface area (Å²) in [4.78, 5) is 27.4. The number of aromatic hydroxyl groups is 1. The third-order valence-electron chi connectivity index (χ3n) is 4.57. The van der Waals surface area contributed by atoms with Gasteiger partial charge in [-0.15, -0.1) is 0 Å². The first-order valence-electron chi connectivity index (χ1n) is 9.09. The van der Waals surface area contributed by atoms with Gasteiger partial charge in [0.25, 0.3) is 5.91 Å². The molecule has 3 amide bonds. The Labute approximate surface area is 179 Å². The molecule has 0 radical (unpaired) electrons. The lowest BCUT2D eigenvalue weighted by Crippen LogP contribution is -2.30. The number of rotatable bonds is 5. The van der Waals surface area contributed by atoms with Crippen LogP contribution < -0.4 is 21.1 Å². The molecule has 0 bridgehead atoms. The van der Waals surface area contributed by atoms with Crippen LogP contribution in [0, 0.1) is 11.6 Å². The maximum Gasteiger partial charge on any atom is 0.319 e. The number of phenols is 1. The molecule has 1 aromatic heterocycles. The van der Waals surface area contributed by atoms with Crippen LogP contribution in [-0.2, 0) is 0 Å². The van der Waals surface area contributed by atoms with Gasteiger partial charge in [-0.3, -0.25) is 9.78 Å². The molecule has 0 saturated heterocycles. The summed E-state index contributed by atoms with van der Waals surface area (Å²) in [5.74, 6) is -4.54. The monoisotopic (exact) mass is 448 g/mol. The number of carbonyl (C=O) groups excluding carboxylic acids is 2. The topological polar surface area (TPSA) is 127 Å². The number of carbonyl (C=O) groups is 2. The zero-order valence-corrected chi connectivity index (χ0v) is 16.5. The van der Waals surface area contributed by atoms with E-state index < -0.39 is 40.1 Å². The smallest absolute Gasteiger partial charge is 0.319 e. The minimum atomic E-state index is -1.23. The fourth-order valence-corrected chi connectivity index (χ4v) is 3.07. The largest absolute Gasteiger partial charge is 0.507 e. The number of aromatic nitrogens is 1. The molecule has 160 valence electrons. The molecule has 0 atom stereocenters. The number of primary amides is 1. The molecule has 11 heteroatoms. The van der Waals surface area contributed by atoms with E-state index in [0.29, 0.717) is 0 Å². The van der Waals surface area contributed by atoms with Gasteiger partial charge < -0.3 is 26.2 Å². The summed E-state index contributed by atoms with van der Waals surface area (Å²) in [5, 5.41) is 14.4. The minimum absolute atomic E-state index is 0.0424. The van der Waals surface area contributed by atoms with Gasteiger partial charge in [-0.1, -0.05) is 11.6 Å². The zero-order valence-electron chi connectivity index (χ0n) is 15.7. The number of nitrogens with zero attached hydrogens (tertiary/aromatic N) is 1. The average molecular weight is 449 g/mol. The molecule has 0 unspecified atom stereocenters. The number of nitrogens with one attached hydrogen (secondary N) is 2. The number of amides is 3. The summed E-state index contributed by atoms with van der Waals surface area (Å²) in [6.07, 6.45) is 2.97. The van der Waals surface area contributed by atoms with Gasteiger partial charge in [-0.05, 0) is 25.0 Å². The lowest BCUT2D eigenvalue weighted by Gasteiger charge is -2.14. The fraction of sp³-hybridized carbons (Fsp3) is 0.150. The number of halogens is 3. The molecule has 8 nitrogen and oxygen atoms in total. The molecule has 5 N–H and O–H groups in total. The van der Waals surface area contributed by atoms with Crippen molar-refractivity contribution >= 4 is 40.1 Å². The van der Waals surface area contributed by atoms with Gasteiger partial charge in [0.1, 0.15) is 16.5 Å². The van der Waals surface area contributed by atoms with Gasteiger partial charge in [0, 0.05) is 29.8 Å². The van der Waals surface area contributed by atoms with Crippen LogP contribution in [0.5, 0.6) is 17.2 Å². The molecule has 0 aliphatic heterocycles. The Morgan fingerprint density at radius 1 is 1.26 bits per heavy atom. The Hall–Kier alpha value is -3.66. The van der Waals surface area contributed by atoms with Crippen molar-refractivity contribution in [3.8, 4) is 17.2 Å². The van der Waals surface area contributed by atoms with Crippen molar-refractivity contribution in [1.82, 2.24) is 10.3 Å². The third kappa shape index (κ3) is 4.15. The van der Waals surface area contributed by atoms with Crippen LogP contribution in [0.15, 0.2) is 30.5 Å². The Kier molecular flexibility index (Phi) is 5.24. The van der Waals surface area contributed by atoms with E-state index in [1.54, 1.807) is 0 Å². The number of nitrogens with two attached hydrogens (primary N) is 1. The quantitative estimate of drug-likeness (QED) is 0.438. The highest BCUT2D eigenvalue weighted by Gasteiger charge is 2.25. The van der Waals surface area contributed by atoms with Crippen LogP contribution in [0.1, 0.15) is 23.2 Å². The lowest BCUT2D eigenvalue weighted by atomic mass is 10.1. The SMILES string of the molecule is NC(=O)c1cc2c(Oc3c(F)cc(NC(=O)NC4CC4)c(Cl)c3F)ccnc2cc1O. The molecule has 4 rings (SSSR count). The van der Waals surface area contributed by atoms with Crippen molar-refractivity contribution in [2.75, 3.05) is 5.32 Å². The second-order valence-corrected chi connectivity index (χ2v) is 7.28. The van der Waals surface area contributed by atoms with Crippen LogP contribution in [0.2, 0.25) is 5.02 Å². The summed E-state index contributed by atoms with van der Waals surface area (Å²) < 4.78 is 34.9. The Bertz CT molecular complexity index is 1230. The number of fused-ring (bicyclic) bond motifs is 1. The first-order valence-corrected chi connectivity index (χ1v) is 9.46. The number of hydrogen-bond donors (Lipinski definition) is 4. The van der Waals surface area contributed by atoms with Crippen molar-refractivity contribution in [2.24, 2.45) is 5.73 Å². The van der Waals surface area contributed by atoms with Crippen LogP contribution in [0.4, 0.5) is 19.3 Å². The highest BCUT2D eigenvalue weighted by Crippen LogP contribution is 2.39. The van der Waals surface area contributed by atoms with Gasteiger partial charge in [0.05, 0.1) is 16.8 Å². The molecular formula is C20H15ClF2N4O4. The molecule has 1 aliphatic carbocycles. The first kappa shape index (κ1) is 20.6. The average Bonchev–Trinajstić information content (AvgIpc) is 3.52. The van der Waals surface area contributed by atoms with E-state index in [0.717, 1.165) is 18.9 Å². The van der Waals surface area contributed by atoms with Gasteiger partial charge >= 0.3 is 6.03 Å². The fourth-order valence-electron chi connectivity index (χ4n) is 2.89. The van der Waals surface area contributed by atoms with Gasteiger partial charge in [-0.2, -0.15) is 0 Å². The van der Waals surface area contributed by atoms with Crippen molar-refractivity contribution in [3.63, 3.8) is 0 Å². The Morgan fingerprint density at radius 3 is 2.68 bits per heavy atom. The molecule has 0 spiro atoms. The highest BCUT2D eigenvalue weighted by molar-refractivity contribution is 6.34. The van der Waals surface area contributed by atoms with Crippen molar-refractivity contribution in [2.45, 2.75) is 18.9 Å². The number of benzene rings is 2. The minimum Gasteiger partial charge on any atom is -0.507 e. The zero-order chi connectivity index (χ0) is 22.3. The Morgan fingerprint density at radius 2 is 2.00 bits per heavy atom. The first-order chi connectivity index (χ1) is 14.7. The van der Waals surface area contributed by atoms with Crippen molar-refractivity contribution < 1.29 is 28.2 Å². The van der Waals surface area contributed by atoms with Crippen molar-refractivity contribution in [1.29, 1.82) is 0 Å². The molecule has 1 heterocycles. The standard InChI is InChI=1S/C20H15ClF2N4O4/c21-16-13(27-20(30)26-8-1-2-8)6-11(22)18(17(16)23)31-15-3-4-25-12-7-14(28)10(19(24)29)5-9(12)15/h3-8,28H,1-2H2,(H2,24,29)(H2,26,27,30). The van der Waals surface area contributed by atoms with Gasteiger partial charge in [0.15, 0.2) is 17.4 Å². The second-order valence-electron chi connectivity index (χ2n) is 6.90. The summed E-state index contributed by atoms with van der Waals surface area (Å²) in [5.41, 5.74) is 4.95. The highest BCUT2D eigenvalue weighted by atomic mass is 35.5. The van der Waals surface area contributed by atoms with E-state index >= 15 is 0 Å².